The molecular formula is C12H11ClN2O2. The molecule has 0 aliphatic heterocycles. The number of nitrogens with zero attached hydrogens (tertiary/aromatic N) is 2. The van der Waals surface area contributed by atoms with Crippen LogP contribution in [0.15, 0.2) is 30.5 Å². The van der Waals surface area contributed by atoms with E-state index >= 15 is 0 Å². The molecule has 1 heterocycles. The lowest BCUT2D eigenvalue weighted by Crippen LogP contribution is -2.05. The van der Waals surface area contributed by atoms with Gasteiger partial charge in [-0.05, 0) is 18.6 Å². The van der Waals surface area contributed by atoms with Gasteiger partial charge in [0.05, 0.1) is 22.6 Å². The minimum absolute atomic E-state index is 0.215. The number of hydrogen-bond acceptors (Lipinski definition) is 2. The molecule has 1 aromatic heterocycles. The van der Waals surface area contributed by atoms with Crippen LogP contribution < -0.4 is 0 Å². The number of rotatable bonds is 3. The lowest BCUT2D eigenvalue weighted by Gasteiger charge is -2.08. The number of aromatic nitrogens is 2. The van der Waals surface area contributed by atoms with Crippen LogP contribution in [0.2, 0.25) is 5.02 Å². The summed E-state index contributed by atoms with van der Waals surface area (Å²) >= 11 is 6.07. The van der Waals surface area contributed by atoms with E-state index in [0.29, 0.717) is 22.8 Å². The van der Waals surface area contributed by atoms with Gasteiger partial charge in [-0.3, -0.25) is 0 Å². The van der Waals surface area contributed by atoms with Gasteiger partial charge in [-0.1, -0.05) is 30.7 Å². The summed E-state index contributed by atoms with van der Waals surface area (Å²) in [4.78, 5) is 11.0. The highest BCUT2D eigenvalue weighted by Crippen LogP contribution is 2.22. The number of halogens is 1. The van der Waals surface area contributed by atoms with Crippen LogP contribution in [0.4, 0.5) is 0 Å². The van der Waals surface area contributed by atoms with Crippen LogP contribution in [0, 0.1) is 0 Å². The minimum atomic E-state index is -0.972. The molecule has 0 unspecified atom stereocenters. The molecule has 4 nitrogen and oxygen atoms in total. The van der Waals surface area contributed by atoms with E-state index in [0.717, 1.165) is 0 Å². The standard InChI is InChI=1S/C12H11ClN2O2/c1-2-10-8(12(16)17)7-14-15(10)11-6-4-3-5-9(11)13/h3-7H,2H2,1H3,(H,16,17). The molecule has 0 saturated carbocycles. The van der Waals surface area contributed by atoms with Crippen molar-refractivity contribution in [3.05, 3.63) is 46.7 Å². The normalized spacial score (nSPS) is 10.5. The Morgan fingerprint density at radius 1 is 1.47 bits per heavy atom. The molecule has 0 saturated heterocycles. The highest BCUT2D eigenvalue weighted by molar-refractivity contribution is 6.32. The van der Waals surface area contributed by atoms with Crippen LogP contribution in [0.5, 0.6) is 0 Å². The van der Waals surface area contributed by atoms with Gasteiger partial charge in [0.15, 0.2) is 0 Å². The number of carboxylic acids is 1. The molecule has 0 fully saturated rings. The molecule has 1 N–H and O–H groups in total. The summed E-state index contributed by atoms with van der Waals surface area (Å²) in [6.45, 7) is 1.89. The lowest BCUT2D eigenvalue weighted by molar-refractivity contribution is 0.0695. The molecule has 0 bridgehead atoms. The third kappa shape index (κ3) is 2.03. The number of benzene rings is 1. The molecule has 0 aliphatic rings. The van der Waals surface area contributed by atoms with Crippen molar-refractivity contribution >= 4 is 17.6 Å². The first-order valence-corrected chi connectivity index (χ1v) is 5.58. The van der Waals surface area contributed by atoms with E-state index < -0.39 is 5.97 Å². The molecule has 0 amide bonds. The van der Waals surface area contributed by atoms with Gasteiger partial charge in [-0.2, -0.15) is 5.10 Å². The first-order chi connectivity index (χ1) is 8.15. The Bertz CT molecular complexity index is 563. The van der Waals surface area contributed by atoms with E-state index in [4.69, 9.17) is 16.7 Å². The first-order valence-electron chi connectivity index (χ1n) is 5.20. The van der Waals surface area contributed by atoms with Gasteiger partial charge in [-0.25, -0.2) is 9.48 Å². The second-order valence-corrected chi connectivity index (χ2v) is 3.93. The third-order valence-electron chi connectivity index (χ3n) is 2.51. The summed E-state index contributed by atoms with van der Waals surface area (Å²) in [5.74, 6) is -0.972. The largest absolute Gasteiger partial charge is 0.478 e. The van der Waals surface area contributed by atoms with E-state index in [1.807, 2.05) is 19.1 Å². The quantitative estimate of drug-likeness (QED) is 0.911. The maximum Gasteiger partial charge on any atom is 0.339 e. The Balaban J connectivity index is 2.61. The number of hydrogen-bond donors (Lipinski definition) is 1. The van der Waals surface area contributed by atoms with E-state index in [1.54, 1.807) is 16.8 Å². The average Bonchev–Trinajstić information content (AvgIpc) is 2.73. The molecule has 0 spiro atoms. The molecule has 0 atom stereocenters. The monoisotopic (exact) mass is 250 g/mol. The molecule has 2 rings (SSSR count). The fraction of sp³-hybridized carbons (Fsp3) is 0.167. The third-order valence-corrected chi connectivity index (χ3v) is 2.83. The summed E-state index contributed by atoms with van der Waals surface area (Å²) in [5.41, 5.74) is 1.55. The smallest absolute Gasteiger partial charge is 0.339 e. The van der Waals surface area contributed by atoms with Gasteiger partial charge in [0, 0.05) is 0 Å². The predicted octanol–water partition coefficient (Wildman–Crippen LogP) is 2.79. The number of carboxylic acid groups (broad SMARTS) is 1. The van der Waals surface area contributed by atoms with Crippen molar-refractivity contribution in [1.29, 1.82) is 0 Å². The summed E-state index contributed by atoms with van der Waals surface area (Å²) in [6.07, 6.45) is 1.93. The van der Waals surface area contributed by atoms with Crippen molar-refractivity contribution in [1.82, 2.24) is 9.78 Å². The highest BCUT2D eigenvalue weighted by Gasteiger charge is 2.16. The molecule has 1 aromatic carbocycles. The predicted molar refractivity (Wildman–Crippen MR) is 64.9 cm³/mol. The summed E-state index contributed by atoms with van der Waals surface area (Å²) in [5, 5.41) is 13.7. The fourth-order valence-corrected chi connectivity index (χ4v) is 1.94. The highest BCUT2D eigenvalue weighted by atomic mass is 35.5. The van der Waals surface area contributed by atoms with Crippen molar-refractivity contribution in [3.8, 4) is 5.69 Å². The van der Waals surface area contributed by atoms with E-state index in [9.17, 15) is 4.79 Å². The van der Waals surface area contributed by atoms with Crippen molar-refractivity contribution in [3.63, 3.8) is 0 Å². The number of para-hydroxylation sites is 1. The molecular weight excluding hydrogens is 240 g/mol. The molecule has 88 valence electrons. The van der Waals surface area contributed by atoms with Gasteiger partial charge in [-0.15, -0.1) is 0 Å². The number of aromatic carboxylic acids is 1. The molecule has 17 heavy (non-hydrogen) atoms. The van der Waals surface area contributed by atoms with Crippen LogP contribution in [-0.2, 0) is 6.42 Å². The summed E-state index contributed by atoms with van der Waals surface area (Å²) in [6, 6.07) is 7.21. The van der Waals surface area contributed by atoms with E-state index in [-0.39, 0.29) is 5.56 Å². The SMILES string of the molecule is CCc1c(C(=O)O)cnn1-c1ccccc1Cl. The summed E-state index contributed by atoms with van der Waals surface area (Å²) in [7, 11) is 0. The lowest BCUT2D eigenvalue weighted by atomic mass is 10.2. The first kappa shape index (κ1) is 11.7. The average molecular weight is 251 g/mol. The van der Waals surface area contributed by atoms with Gasteiger partial charge >= 0.3 is 5.97 Å². The van der Waals surface area contributed by atoms with Gasteiger partial charge in [0.1, 0.15) is 5.56 Å². The zero-order valence-electron chi connectivity index (χ0n) is 9.22. The van der Waals surface area contributed by atoms with Crippen LogP contribution >= 0.6 is 11.6 Å². The zero-order valence-corrected chi connectivity index (χ0v) is 9.98. The van der Waals surface area contributed by atoms with Crippen molar-refractivity contribution in [2.24, 2.45) is 0 Å². The Morgan fingerprint density at radius 2 is 2.18 bits per heavy atom. The van der Waals surface area contributed by atoms with Gasteiger partial charge < -0.3 is 5.11 Å². The van der Waals surface area contributed by atoms with E-state index in [2.05, 4.69) is 5.10 Å². The van der Waals surface area contributed by atoms with Gasteiger partial charge in [0.2, 0.25) is 0 Å². The van der Waals surface area contributed by atoms with Crippen LogP contribution in [0.3, 0.4) is 0 Å². The van der Waals surface area contributed by atoms with E-state index in [1.165, 1.54) is 6.20 Å². The van der Waals surface area contributed by atoms with Crippen molar-refractivity contribution in [2.45, 2.75) is 13.3 Å². The minimum Gasteiger partial charge on any atom is -0.478 e. The molecule has 0 radical (unpaired) electrons. The second-order valence-electron chi connectivity index (χ2n) is 3.53. The molecule has 5 heteroatoms. The zero-order chi connectivity index (χ0) is 12.4. The topological polar surface area (TPSA) is 55.1 Å². The maximum absolute atomic E-state index is 11.0. The molecule has 0 aliphatic carbocycles. The molecule has 2 aromatic rings. The van der Waals surface area contributed by atoms with Crippen LogP contribution in [0.1, 0.15) is 23.0 Å². The van der Waals surface area contributed by atoms with Gasteiger partial charge in [0.25, 0.3) is 0 Å². The van der Waals surface area contributed by atoms with Crippen molar-refractivity contribution in [2.75, 3.05) is 0 Å². The summed E-state index contributed by atoms with van der Waals surface area (Å²) < 4.78 is 1.58. The maximum atomic E-state index is 11.0. The van der Waals surface area contributed by atoms with Crippen molar-refractivity contribution < 1.29 is 9.90 Å². The van der Waals surface area contributed by atoms with Crippen LogP contribution in [0.25, 0.3) is 5.69 Å². The number of carbonyl (C=O) groups is 1. The fourth-order valence-electron chi connectivity index (χ4n) is 1.72. The Hall–Kier alpha value is -1.81. The second kappa shape index (κ2) is 4.59. The Labute approximate surface area is 103 Å². The Morgan fingerprint density at radius 3 is 2.76 bits per heavy atom. The van der Waals surface area contributed by atoms with Crippen LogP contribution in [-0.4, -0.2) is 20.9 Å². The Kier molecular flexibility index (Phi) is 3.15.